The molecular formula is C23H26F3N5O7. The molecule has 1 saturated heterocycles. The molecule has 0 bridgehead atoms. The summed E-state index contributed by atoms with van der Waals surface area (Å²) in [6.07, 6.45) is -3.98. The number of carbonyl (C=O) groups is 1. The number of hydrogen-bond donors (Lipinski definition) is 4. The Morgan fingerprint density at radius 2 is 1.89 bits per heavy atom. The summed E-state index contributed by atoms with van der Waals surface area (Å²) < 4.78 is 59.0. The standard InChI is InChI=1S/C23H26F3N5O7/c1-23(2,27-22(34)35)17-7-11(38-29-17)6-15-21(36-3)19(20(33)16(9-32)37-15)31-8-14(28-30-31)10-4-12(24)18(26)13(25)5-10/h4-5,7-8,15-16,19-21,27,32-33H,6,9H2,1-3H3,(H,34,35)/t15-,16-,19+,20+,21+/m1/s1. The number of ether oxygens (including phenoxy) is 2. The van der Waals surface area contributed by atoms with Gasteiger partial charge in [0.05, 0.1) is 24.4 Å². The molecule has 0 radical (unpaired) electrons. The van der Waals surface area contributed by atoms with E-state index in [4.69, 9.17) is 19.1 Å². The molecule has 0 saturated carbocycles. The molecule has 1 aliphatic rings. The lowest BCUT2D eigenvalue weighted by molar-refractivity contribution is -0.212. The van der Waals surface area contributed by atoms with Crippen molar-refractivity contribution in [1.82, 2.24) is 25.5 Å². The lowest BCUT2D eigenvalue weighted by atomic mass is 9.90. The Kier molecular flexibility index (Phi) is 7.73. The van der Waals surface area contributed by atoms with Crippen molar-refractivity contribution in [2.45, 2.75) is 56.3 Å². The van der Waals surface area contributed by atoms with Gasteiger partial charge in [0.2, 0.25) is 0 Å². The van der Waals surface area contributed by atoms with Gasteiger partial charge in [0, 0.05) is 25.2 Å². The molecule has 4 rings (SSSR count). The Balaban J connectivity index is 1.62. The first-order chi connectivity index (χ1) is 17.9. The summed E-state index contributed by atoms with van der Waals surface area (Å²) in [5.74, 6) is -4.10. The van der Waals surface area contributed by atoms with Gasteiger partial charge in [0.1, 0.15) is 41.5 Å². The molecule has 206 valence electrons. The van der Waals surface area contributed by atoms with Crippen molar-refractivity contribution in [3.05, 3.63) is 53.3 Å². The van der Waals surface area contributed by atoms with Gasteiger partial charge < -0.3 is 34.6 Å². The number of rotatable bonds is 8. The Morgan fingerprint density at radius 1 is 1.21 bits per heavy atom. The number of nitrogens with zero attached hydrogens (tertiary/aromatic N) is 4. The minimum atomic E-state index is -1.62. The van der Waals surface area contributed by atoms with E-state index in [1.54, 1.807) is 19.9 Å². The van der Waals surface area contributed by atoms with E-state index in [1.165, 1.54) is 18.0 Å². The van der Waals surface area contributed by atoms with E-state index in [9.17, 15) is 28.2 Å². The zero-order chi connectivity index (χ0) is 27.8. The van der Waals surface area contributed by atoms with Crippen molar-refractivity contribution in [3.63, 3.8) is 0 Å². The van der Waals surface area contributed by atoms with Crippen LogP contribution >= 0.6 is 0 Å². The topological polar surface area (TPSA) is 165 Å². The summed E-state index contributed by atoms with van der Waals surface area (Å²) in [4.78, 5) is 11.1. The van der Waals surface area contributed by atoms with Crippen LogP contribution in [0.15, 0.2) is 28.9 Å². The highest BCUT2D eigenvalue weighted by molar-refractivity contribution is 5.65. The van der Waals surface area contributed by atoms with Crippen molar-refractivity contribution in [2.24, 2.45) is 0 Å². The van der Waals surface area contributed by atoms with E-state index < -0.39 is 66.1 Å². The van der Waals surface area contributed by atoms with E-state index in [1.807, 2.05) is 0 Å². The summed E-state index contributed by atoms with van der Waals surface area (Å²) in [7, 11) is 1.37. The first-order valence-electron chi connectivity index (χ1n) is 11.5. The molecule has 1 amide bonds. The number of nitrogens with one attached hydrogen (secondary N) is 1. The molecule has 2 aromatic heterocycles. The second-order valence-corrected chi connectivity index (χ2v) is 9.35. The minimum absolute atomic E-state index is 0.00137. The molecule has 0 aliphatic carbocycles. The number of halogens is 3. The SMILES string of the molecule is CO[C@@H]1[C@@H](n2cc(-c3cc(F)c(F)c(F)c3)nn2)[C@@H](O)[C@@H](CO)O[C@@H]1Cc1cc(C(C)(C)NC(=O)O)no1. The molecule has 0 unspecified atom stereocenters. The van der Waals surface area contributed by atoms with Gasteiger partial charge in [0.25, 0.3) is 0 Å². The number of aliphatic hydroxyl groups is 2. The van der Waals surface area contributed by atoms with Crippen LogP contribution in [0.3, 0.4) is 0 Å². The smallest absolute Gasteiger partial charge is 0.405 e. The number of methoxy groups -OCH3 is 1. The largest absolute Gasteiger partial charge is 0.465 e. The van der Waals surface area contributed by atoms with E-state index >= 15 is 0 Å². The molecule has 38 heavy (non-hydrogen) atoms. The van der Waals surface area contributed by atoms with E-state index in [0.29, 0.717) is 11.5 Å². The fraction of sp³-hybridized carbons (Fsp3) is 0.478. The summed E-state index contributed by atoms with van der Waals surface area (Å²) in [5, 5.41) is 44.0. The normalized spacial score (nSPS) is 23.9. The van der Waals surface area contributed by atoms with Crippen LogP contribution in [0.25, 0.3) is 11.3 Å². The Labute approximate surface area is 213 Å². The average molecular weight is 541 g/mol. The van der Waals surface area contributed by atoms with Crippen molar-refractivity contribution >= 4 is 6.09 Å². The maximum atomic E-state index is 13.7. The first-order valence-corrected chi connectivity index (χ1v) is 11.5. The summed E-state index contributed by atoms with van der Waals surface area (Å²) >= 11 is 0. The predicted molar refractivity (Wildman–Crippen MR) is 121 cm³/mol. The fourth-order valence-electron chi connectivity index (χ4n) is 4.42. The Bertz CT molecular complexity index is 1280. The van der Waals surface area contributed by atoms with Crippen LogP contribution in [0, 0.1) is 17.5 Å². The van der Waals surface area contributed by atoms with Crippen LogP contribution in [-0.2, 0) is 21.4 Å². The van der Waals surface area contributed by atoms with Crippen LogP contribution in [0.4, 0.5) is 18.0 Å². The third-order valence-corrected chi connectivity index (χ3v) is 6.35. The van der Waals surface area contributed by atoms with Gasteiger partial charge in [-0.15, -0.1) is 5.10 Å². The number of benzene rings is 1. The lowest BCUT2D eigenvalue weighted by Crippen LogP contribution is -2.57. The predicted octanol–water partition coefficient (Wildman–Crippen LogP) is 1.77. The third kappa shape index (κ3) is 5.36. The third-order valence-electron chi connectivity index (χ3n) is 6.35. The zero-order valence-electron chi connectivity index (χ0n) is 20.5. The van der Waals surface area contributed by atoms with Crippen molar-refractivity contribution in [1.29, 1.82) is 0 Å². The first kappa shape index (κ1) is 27.5. The molecule has 1 aliphatic heterocycles. The molecule has 12 nitrogen and oxygen atoms in total. The average Bonchev–Trinajstić information content (AvgIpc) is 3.52. The lowest BCUT2D eigenvalue weighted by Gasteiger charge is -2.43. The van der Waals surface area contributed by atoms with Crippen LogP contribution in [0.5, 0.6) is 0 Å². The monoisotopic (exact) mass is 541 g/mol. The highest BCUT2D eigenvalue weighted by Gasteiger charge is 2.47. The van der Waals surface area contributed by atoms with Crippen molar-refractivity contribution < 1.29 is 47.3 Å². The zero-order valence-corrected chi connectivity index (χ0v) is 20.5. The number of aromatic nitrogens is 4. The number of carboxylic acid groups (broad SMARTS) is 1. The number of aliphatic hydroxyl groups excluding tert-OH is 2. The second kappa shape index (κ2) is 10.7. The van der Waals surface area contributed by atoms with Crippen LogP contribution in [0.2, 0.25) is 0 Å². The maximum Gasteiger partial charge on any atom is 0.405 e. The van der Waals surface area contributed by atoms with Gasteiger partial charge in [-0.3, -0.25) is 0 Å². The molecule has 1 aromatic carbocycles. The number of hydrogen-bond acceptors (Lipinski definition) is 9. The van der Waals surface area contributed by atoms with Gasteiger partial charge in [0.15, 0.2) is 17.5 Å². The molecule has 1 fully saturated rings. The quantitative estimate of drug-likeness (QED) is 0.309. The van der Waals surface area contributed by atoms with E-state index in [2.05, 4.69) is 20.8 Å². The maximum absolute atomic E-state index is 13.7. The second-order valence-electron chi connectivity index (χ2n) is 9.35. The molecular weight excluding hydrogens is 515 g/mol. The highest BCUT2D eigenvalue weighted by atomic mass is 19.2. The van der Waals surface area contributed by atoms with Crippen molar-refractivity contribution in [3.8, 4) is 11.3 Å². The molecule has 15 heteroatoms. The van der Waals surface area contributed by atoms with Gasteiger partial charge >= 0.3 is 6.09 Å². The minimum Gasteiger partial charge on any atom is -0.465 e. The van der Waals surface area contributed by atoms with Gasteiger partial charge in [-0.2, -0.15) is 0 Å². The van der Waals surface area contributed by atoms with Gasteiger partial charge in [-0.25, -0.2) is 22.6 Å². The van der Waals surface area contributed by atoms with E-state index in [0.717, 1.165) is 12.1 Å². The summed E-state index contributed by atoms with van der Waals surface area (Å²) in [5.41, 5.74) is -0.814. The van der Waals surface area contributed by atoms with Gasteiger partial charge in [-0.05, 0) is 26.0 Å². The molecule has 3 heterocycles. The molecule has 0 spiro atoms. The summed E-state index contributed by atoms with van der Waals surface area (Å²) in [6.45, 7) is 2.65. The van der Waals surface area contributed by atoms with Crippen LogP contribution in [0.1, 0.15) is 31.3 Å². The molecule has 4 N–H and O–H groups in total. The summed E-state index contributed by atoms with van der Waals surface area (Å²) in [6, 6.07) is 2.11. The Hall–Kier alpha value is -3.53. The van der Waals surface area contributed by atoms with E-state index in [-0.39, 0.29) is 17.7 Å². The molecule has 5 atom stereocenters. The van der Waals surface area contributed by atoms with Crippen molar-refractivity contribution in [2.75, 3.05) is 13.7 Å². The highest BCUT2D eigenvalue weighted by Crippen LogP contribution is 2.34. The Morgan fingerprint density at radius 3 is 2.50 bits per heavy atom. The fourth-order valence-corrected chi connectivity index (χ4v) is 4.42. The number of amides is 1. The van der Waals surface area contributed by atoms with Crippen LogP contribution < -0.4 is 5.32 Å². The van der Waals surface area contributed by atoms with Crippen LogP contribution in [-0.4, -0.2) is 79.7 Å². The molecule has 3 aromatic rings. The van der Waals surface area contributed by atoms with Gasteiger partial charge in [-0.1, -0.05) is 10.4 Å².